The second kappa shape index (κ2) is 20.8. The number of amides is 1. The lowest BCUT2D eigenvalue weighted by molar-refractivity contribution is -0.154. The van der Waals surface area contributed by atoms with Crippen molar-refractivity contribution in [2.45, 2.75) is 37.6 Å². The first-order valence-corrected chi connectivity index (χ1v) is 17.4. The van der Waals surface area contributed by atoms with Gasteiger partial charge < -0.3 is 28.6 Å². The van der Waals surface area contributed by atoms with Crippen molar-refractivity contribution in [3.8, 4) is 29.5 Å². The van der Waals surface area contributed by atoms with Crippen molar-refractivity contribution in [1.29, 1.82) is 0 Å². The summed E-state index contributed by atoms with van der Waals surface area (Å²) in [5.41, 5.74) is 2.82. The van der Waals surface area contributed by atoms with Gasteiger partial charge in [0.2, 0.25) is 23.5 Å². The van der Waals surface area contributed by atoms with Gasteiger partial charge in [-0.05, 0) is 24.1 Å². The average molecular weight is 846 g/mol. The average Bonchev–Trinajstić information content (AvgIpc) is 3.17. The van der Waals surface area contributed by atoms with Gasteiger partial charge in [0, 0.05) is 63.3 Å². The molecular formula is C38H46Cl3F3N6O6. The van der Waals surface area contributed by atoms with Crippen LogP contribution in [0.2, 0.25) is 0 Å². The molecule has 2 aliphatic rings. The number of nitrogens with zero attached hydrogens (tertiary/aromatic N) is 6. The molecule has 2 unspecified atom stereocenters. The number of pyridine rings is 1. The minimum atomic E-state index is -4.60. The number of piperazine rings is 2. The third kappa shape index (κ3) is 10.8. The normalized spacial score (nSPS) is 17.0. The molecule has 2 aliphatic heterocycles. The van der Waals surface area contributed by atoms with E-state index in [1.165, 1.54) is 21.3 Å². The van der Waals surface area contributed by atoms with Gasteiger partial charge in [-0.15, -0.1) is 37.2 Å². The van der Waals surface area contributed by atoms with E-state index in [9.17, 15) is 18.0 Å². The second-order valence-corrected chi connectivity index (χ2v) is 12.7. The number of ether oxygens (including phenoxy) is 5. The van der Waals surface area contributed by atoms with Gasteiger partial charge in [-0.3, -0.25) is 14.6 Å². The van der Waals surface area contributed by atoms with Crippen LogP contribution < -0.4 is 23.7 Å². The van der Waals surface area contributed by atoms with Gasteiger partial charge in [-0.25, -0.2) is 0 Å². The van der Waals surface area contributed by atoms with Crippen LogP contribution in [-0.2, 0) is 6.54 Å². The zero-order valence-electron chi connectivity index (χ0n) is 31.3. The molecule has 0 saturated carbocycles. The molecule has 0 aliphatic carbocycles. The summed E-state index contributed by atoms with van der Waals surface area (Å²) >= 11 is 0. The molecule has 56 heavy (non-hydrogen) atoms. The standard InChI is InChI=1S/C38H43F3N6O6.3ClH/c1-5-52-37-43-34(51-4)29(35(44-37)53-24-38(39,40)41)22-45-20-27-21-46(36(48)28-16-17-31(49-2)42-33(28)50-3)18-19-47(27)30(23-45)32(25-12-8-6-9-13-25)26-14-10-7-11-15-26;;;/h6-17,27,30,32H,5,18-24H2,1-4H3;3*1H. The van der Waals surface area contributed by atoms with Crippen LogP contribution in [0.5, 0.6) is 29.5 Å². The molecule has 12 nitrogen and oxygen atoms in total. The fraction of sp³-hybridized carbons (Fsp3) is 0.421. The van der Waals surface area contributed by atoms with Gasteiger partial charge >= 0.3 is 12.2 Å². The van der Waals surface area contributed by atoms with Crippen LogP contribution >= 0.6 is 37.2 Å². The number of benzene rings is 2. The van der Waals surface area contributed by atoms with Crippen LogP contribution in [0.15, 0.2) is 72.8 Å². The fourth-order valence-corrected chi connectivity index (χ4v) is 7.22. The maximum absolute atomic E-state index is 14.0. The van der Waals surface area contributed by atoms with Crippen LogP contribution in [0.3, 0.4) is 0 Å². The van der Waals surface area contributed by atoms with Crippen molar-refractivity contribution >= 4 is 43.1 Å². The Kier molecular flexibility index (Phi) is 17.1. The fourth-order valence-electron chi connectivity index (χ4n) is 7.22. The molecule has 2 fully saturated rings. The number of fused-ring (bicyclic) bond motifs is 1. The Balaban J connectivity index is 0.00000280. The second-order valence-electron chi connectivity index (χ2n) is 12.7. The van der Waals surface area contributed by atoms with E-state index in [1.807, 2.05) is 36.4 Å². The molecular weight excluding hydrogens is 800 g/mol. The van der Waals surface area contributed by atoms with Crippen LogP contribution in [0.25, 0.3) is 0 Å². The minimum absolute atomic E-state index is 0. The van der Waals surface area contributed by atoms with Gasteiger partial charge in [-0.2, -0.15) is 28.1 Å². The number of hydrogen-bond acceptors (Lipinski definition) is 11. The van der Waals surface area contributed by atoms with E-state index in [1.54, 1.807) is 24.0 Å². The molecule has 4 aromatic rings. The summed E-state index contributed by atoms with van der Waals surface area (Å²) in [7, 11) is 4.34. The Bertz CT molecular complexity index is 1810. The SMILES string of the molecule is CCOc1nc(OC)c(CN2CC3CN(C(=O)c4ccc(OC)nc4OC)CCN3C(C(c3ccccc3)c3ccccc3)C2)c(OCC(F)(F)F)n1.Cl.Cl.Cl. The summed E-state index contributed by atoms with van der Waals surface area (Å²) in [6.45, 7) is 2.93. The van der Waals surface area contributed by atoms with E-state index in [4.69, 9.17) is 23.7 Å². The maximum atomic E-state index is 14.0. The molecule has 306 valence electrons. The van der Waals surface area contributed by atoms with Crippen LogP contribution in [-0.4, -0.2) is 121 Å². The lowest BCUT2D eigenvalue weighted by Gasteiger charge is -2.53. The highest BCUT2D eigenvalue weighted by Gasteiger charge is 2.44. The van der Waals surface area contributed by atoms with E-state index in [0.29, 0.717) is 44.2 Å². The van der Waals surface area contributed by atoms with Crippen molar-refractivity contribution < 1.29 is 41.7 Å². The topological polar surface area (TPSA) is 112 Å². The summed E-state index contributed by atoms with van der Waals surface area (Å²) in [4.78, 5) is 33.3. The smallest absolute Gasteiger partial charge is 0.422 e. The number of carbonyl (C=O) groups is 1. The summed E-state index contributed by atoms with van der Waals surface area (Å²) in [6.07, 6.45) is -4.60. The van der Waals surface area contributed by atoms with Gasteiger partial charge in [0.05, 0.1) is 33.5 Å². The van der Waals surface area contributed by atoms with Gasteiger partial charge in [0.25, 0.3) is 5.91 Å². The number of methoxy groups -OCH3 is 3. The van der Waals surface area contributed by atoms with E-state index in [2.05, 4.69) is 49.0 Å². The monoisotopic (exact) mass is 844 g/mol. The highest BCUT2D eigenvalue weighted by Crippen LogP contribution is 2.38. The van der Waals surface area contributed by atoms with Crippen molar-refractivity contribution in [1.82, 2.24) is 29.7 Å². The molecule has 18 heteroatoms. The maximum Gasteiger partial charge on any atom is 0.422 e. The number of aromatic nitrogens is 3. The first-order chi connectivity index (χ1) is 25.6. The Labute approximate surface area is 342 Å². The Morgan fingerprint density at radius 1 is 0.768 bits per heavy atom. The molecule has 1 amide bonds. The molecule has 2 aromatic heterocycles. The molecule has 2 atom stereocenters. The predicted molar refractivity (Wildman–Crippen MR) is 211 cm³/mol. The number of carbonyl (C=O) groups excluding carboxylic acids is 1. The van der Waals surface area contributed by atoms with Crippen molar-refractivity contribution in [3.05, 3.63) is 95.1 Å². The molecule has 4 heterocycles. The lowest BCUT2D eigenvalue weighted by atomic mass is 9.81. The van der Waals surface area contributed by atoms with Crippen LogP contribution in [0, 0.1) is 0 Å². The first kappa shape index (κ1) is 46.1. The zero-order chi connectivity index (χ0) is 37.5. The van der Waals surface area contributed by atoms with Gasteiger partial charge in [0.15, 0.2) is 6.61 Å². The Morgan fingerprint density at radius 2 is 1.39 bits per heavy atom. The molecule has 0 radical (unpaired) electrons. The first-order valence-electron chi connectivity index (χ1n) is 17.4. The van der Waals surface area contributed by atoms with E-state index in [0.717, 1.165) is 11.1 Å². The van der Waals surface area contributed by atoms with Gasteiger partial charge in [-0.1, -0.05) is 60.7 Å². The number of halogens is 6. The summed E-state index contributed by atoms with van der Waals surface area (Å²) in [5.74, 6) is -0.00965. The van der Waals surface area contributed by atoms with Crippen molar-refractivity contribution in [3.63, 3.8) is 0 Å². The number of hydrogen-bond donors (Lipinski definition) is 0. The highest BCUT2D eigenvalue weighted by atomic mass is 35.5. The van der Waals surface area contributed by atoms with E-state index in [-0.39, 0.29) is 103 Å². The Morgan fingerprint density at radius 3 is 1.96 bits per heavy atom. The molecule has 0 spiro atoms. The third-order valence-electron chi connectivity index (χ3n) is 9.46. The zero-order valence-corrected chi connectivity index (χ0v) is 33.8. The summed E-state index contributed by atoms with van der Waals surface area (Å²) < 4.78 is 67.3. The Hall–Kier alpha value is -4.28. The third-order valence-corrected chi connectivity index (χ3v) is 9.46. The minimum Gasteiger partial charge on any atom is -0.481 e. The number of alkyl halides is 3. The van der Waals surface area contributed by atoms with Crippen molar-refractivity contribution in [2.24, 2.45) is 0 Å². The summed E-state index contributed by atoms with van der Waals surface area (Å²) in [5, 5.41) is 0. The van der Waals surface area contributed by atoms with Crippen LogP contribution in [0.4, 0.5) is 13.2 Å². The van der Waals surface area contributed by atoms with Crippen LogP contribution in [0.1, 0.15) is 39.9 Å². The van der Waals surface area contributed by atoms with Gasteiger partial charge in [0.1, 0.15) is 5.56 Å². The molecule has 6 rings (SSSR count). The molecule has 0 N–H and O–H groups in total. The number of rotatable bonds is 13. The summed E-state index contributed by atoms with van der Waals surface area (Å²) in [6, 6.07) is 23.3. The molecule has 0 bridgehead atoms. The van der Waals surface area contributed by atoms with E-state index >= 15 is 0 Å². The lowest BCUT2D eigenvalue weighted by Crippen LogP contribution is -2.67. The van der Waals surface area contributed by atoms with Crippen molar-refractivity contribution in [2.75, 3.05) is 67.3 Å². The molecule has 2 aromatic carbocycles. The largest absolute Gasteiger partial charge is 0.481 e. The van der Waals surface area contributed by atoms with E-state index < -0.39 is 12.8 Å². The molecule has 2 saturated heterocycles. The highest BCUT2D eigenvalue weighted by molar-refractivity contribution is 5.96. The quantitative estimate of drug-likeness (QED) is 0.150. The predicted octanol–water partition coefficient (Wildman–Crippen LogP) is 6.35.